The molecule has 230 valence electrons. The number of methoxy groups -OCH3 is 2. The quantitative estimate of drug-likeness (QED) is 0.205. The highest BCUT2D eigenvalue weighted by atomic mass is 16.5. The van der Waals surface area contributed by atoms with Crippen LogP contribution in [0.25, 0.3) is 28.5 Å². The summed E-state index contributed by atoms with van der Waals surface area (Å²) in [6.45, 7) is 6.91. The Balaban J connectivity index is 1.32. The molecule has 2 aromatic carbocycles. The van der Waals surface area contributed by atoms with Crippen LogP contribution >= 0.6 is 0 Å². The van der Waals surface area contributed by atoms with Crippen molar-refractivity contribution < 1.29 is 23.4 Å². The van der Waals surface area contributed by atoms with Crippen LogP contribution in [0.4, 0.5) is 0 Å². The van der Waals surface area contributed by atoms with Gasteiger partial charge in [0.1, 0.15) is 41.5 Å². The van der Waals surface area contributed by atoms with Crippen LogP contribution in [0, 0.1) is 13.8 Å². The van der Waals surface area contributed by atoms with Gasteiger partial charge in [-0.1, -0.05) is 30.3 Å². The topological polar surface area (TPSA) is 131 Å². The van der Waals surface area contributed by atoms with Crippen molar-refractivity contribution in [3.05, 3.63) is 95.5 Å². The van der Waals surface area contributed by atoms with E-state index in [2.05, 4.69) is 15.4 Å². The Hall–Kier alpha value is -5.65. The number of aromatic nitrogens is 6. The average molecular weight is 608 g/mol. The highest BCUT2D eigenvalue weighted by Crippen LogP contribution is 2.35. The predicted molar refractivity (Wildman–Crippen MR) is 166 cm³/mol. The summed E-state index contributed by atoms with van der Waals surface area (Å²) in [5.74, 6) is 1.99. The van der Waals surface area contributed by atoms with Gasteiger partial charge in [-0.2, -0.15) is 5.10 Å². The third-order valence-electron chi connectivity index (χ3n) is 7.34. The van der Waals surface area contributed by atoms with Gasteiger partial charge in [-0.15, -0.1) is 0 Å². The Morgan fingerprint density at radius 2 is 1.87 bits per heavy atom. The van der Waals surface area contributed by atoms with Gasteiger partial charge in [-0.3, -0.25) is 18.9 Å². The van der Waals surface area contributed by atoms with Crippen molar-refractivity contribution in [3.63, 3.8) is 0 Å². The molecule has 12 heteroatoms. The average Bonchev–Trinajstić information content (AvgIpc) is 3.78. The SMILES string of the molecule is CCn1nc(C)c(OCc2ccccc2)c1-c1nc(-c2nc(C(=O)NCc3ccc(OC)cc3OC)n3cc(C)ncc23)co1. The molecule has 4 aromatic heterocycles. The molecule has 0 atom stereocenters. The highest BCUT2D eigenvalue weighted by Gasteiger charge is 2.26. The molecule has 0 saturated carbocycles. The summed E-state index contributed by atoms with van der Waals surface area (Å²) in [6, 6.07) is 15.3. The summed E-state index contributed by atoms with van der Waals surface area (Å²) in [5.41, 5.74) is 5.40. The largest absolute Gasteiger partial charge is 0.497 e. The predicted octanol–water partition coefficient (Wildman–Crippen LogP) is 5.41. The number of ether oxygens (including phenoxy) is 3. The van der Waals surface area contributed by atoms with Crippen LogP contribution < -0.4 is 19.5 Å². The lowest BCUT2D eigenvalue weighted by atomic mass is 10.2. The molecule has 0 fully saturated rings. The molecule has 1 amide bonds. The summed E-state index contributed by atoms with van der Waals surface area (Å²) in [6.07, 6.45) is 4.95. The van der Waals surface area contributed by atoms with Gasteiger partial charge in [0.15, 0.2) is 11.4 Å². The van der Waals surface area contributed by atoms with E-state index in [-0.39, 0.29) is 18.3 Å². The van der Waals surface area contributed by atoms with Crippen LogP contribution in [-0.4, -0.2) is 49.3 Å². The van der Waals surface area contributed by atoms with E-state index in [1.807, 2.05) is 63.2 Å². The van der Waals surface area contributed by atoms with Crippen molar-refractivity contribution in [2.24, 2.45) is 0 Å². The molecule has 0 spiro atoms. The van der Waals surface area contributed by atoms with E-state index in [4.69, 9.17) is 28.6 Å². The monoisotopic (exact) mass is 607 g/mol. The number of imidazole rings is 1. The first-order valence-electron chi connectivity index (χ1n) is 14.4. The molecule has 0 aliphatic rings. The fourth-order valence-electron chi connectivity index (χ4n) is 5.08. The van der Waals surface area contributed by atoms with Gasteiger partial charge >= 0.3 is 0 Å². The smallest absolute Gasteiger partial charge is 0.287 e. The maximum Gasteiger partial charge on any atom is 0.287 e. The minimum atomic E-state index is -0.375. The summed E-state index contributed by atoms with van der Waals surface area (Å²) >= 11 is 0. The number of amides is 1. The number of hydrogen-bond donors (Lipinski definition) is 1. The fourth-order valence-corrected chi connectivity index (χ4v) is 5.08. The lowest BCUT2D eigenvalue weighted by Crippen LogP contribution is -2.25. The third-order valence-corrected chi connectivity index (χ3v) is 7.34. The number of oxazole rings is 1. The van der Waals surface area contributed by atoms with E-state index in [0.717, 1.165) is 22.5 Å². The summed E-state index contributed by atoms with van der Waals surface area (Å²) in [7, 11) is 3.16. The van der Waals surface area contributed by atoms with Gasteiger partial charge in [0.2, 0.25) is 11.7 Å². The van der Waals surface area contributed by atoms with Gasteiger partial charge in [0, 0.05) is 30.9 Å². The molecule has 0 aliphatic heterocycles. The number of carbonyl (C=O) groups excluding carboxylic acids is 1. The second kappa shape index (κ2) is 12.5. The second-order valence-electron chi connectivity index (χ2n) is 10.3. The summed E-state index contributed by atoms with van der Waals surface area (Å²) < 4.78 is 26.5. The standard InChI is InChI=1S/C33H33N7O5/c1-6-40-29(30(21(3)38-40)44-18-22-10-8-7-9-11-22)33-36-25(19-45-33)28-26-16-34-20(2)17-39(26)31(37-28)32(41)35-15-23-12-13-24(42-4)14-27(23)43-5/h7-14,16-17,19H,6,15,18H2,1-5H3,(H,35,41). The van der Waals surface area contributed by atoms with Crippen LogP contribution in [-0.2, 0) is 19.7 Å². The first kappa shape index (κ1) is 29.4. The molecule has 6 rings (SSSR count). The van der Waals surface area contributed by atoms with Gasteiger partial charge in [-0.05, 0) is 38.5 Å². The molecular weight excluding hydrogens is 574 g/mol. The Labute approximate surface area is 259 Å². The summed E-state index contributed by atoms with van der Waals surface area (Å²) in [4.78, 5) is 27.5. The van der Waals surface area contributed by atoms with E-state index in [1.54, 1.807) is 41.8 Å². The minimum Gasteiger partial charge on any atom is -0.497 e. The minimum absolute atomic E-state index is 0.184. The van der Waals surface area contributed by atoms with Crippen LogP contribution in [0.5, 0.6) is 17.2 Å². The molecule has 0 bridgehead atoms. The van der Waals surface area contributed by atoms with E-state index in [9.17, 15) is 4.79 Å². The zero-order chi connectivity index (χ0) is 31.5. The highest BCUT2D eigenvalue weighted by molar-refractivity contribution is 5.94. The van der Waals surface area contributed by atoms with Gasteiger partial charge in [0.05, 0.1) is 31.6 Å². The molecule has 1 N–H and O–H groups in total. The first-order valence-corrected chi connectivity index (χ1v) is 14.4. The van der Waals surface area contributed by atoms with Gasteiger partial charge in [-0.25, -0.2) is 9.97 Å². The Bertz CT molecular complexity index is 1980. The Morgan fingerprint density at radius 1 is 1.04 bits per heavy atom. The number of nitrogens with zero attached hydrogens (tertiary/aromatic N) is 6. The zero-order valence-corrected chi connectivity index (χ0v) is 25.7. The molecule has 4 heterocycles. The van der Waals surface area contributed by atoms with E-state index in [1.165, 1.54) is 6.26 Å². The lowest BCUT2D eigenvalue weighted by Gasteiger charge is -2.11. The van der Waals surface area contributed by atoms with Crippen molar-refractivity contribution >= 4 is 11.4 Å². The molecule has 0 unspecified atom stereocenters. The van der Waals surface area contributed by atoms with E-state index >= 15 is 0 Å². The number of hydrogen-bond acceptors (Lipinski definition) is 9. The van der Waals surface area contributed by atoms with Crippen LogP contribution in [0.15, 0.2) is 71.6 Å². The molecule has 6 aromatic rings. The van der Waals surface area contributed by atoms with Crippen molar-refractivity contribution in [3.8, 4) is 40.2 Å². The lowest BCUT2D eigenvalue weighted by molar-refractivity contribution is 0.0939. The molecule has 12 nitrogen and oxygen atoms in total. The number of benzene rings is 2. The van der Waals surface area contributed by atoms with E-state index < -0.39 is 0 Å². The number of aryl methyl sites for hydroxylation is 3. The van der Waals surface area contributed by atoms with Crippen molar-refractivity contribution in [2.45, 2.75) is 40.5 Å². The molecule has 0 radical (unpaired) electrons. The van der Waals surface area contributed by atoms with Gasteiger partial charge < -0.3 is 23.9 Å². The number of rotatable bonds is 11. The maximum atomic E-state index is 13.5. The number of fused-ring (bicyclic) bond motifs is 1. The number of nitrogens with one attached hydrogen (secondary N) is 1. The summed E-state index contributed by atoms with van der Waals surface area (Å²) in [5, 5.41) is 7.60. The fraction of sp³-hybridized carbons (Fsp3) is 0.242. The van der Waals surface area contributed by atoms with Crippen molar-refractivity contribution in [1.82, 2.24) is 34.4 Å². The zero-order valence-electron chi connectivity index (χ0n) is 25.7. The van der Waals surface area contributed by atoms with Gasteiger partial charge in [0.25, 0.3) is 5.91 Å². The van der Waals surface area contributed by atoms with Crippen molar-refractivity contribution in [1.29, 1.82) is 0 Å². The maximum absolute atomic E-state index is 13.5. The van der Waals surface area contributed by atoms with E-state index in [0.29, 0.717) is 58.9 Å². The first-order chi connectivity index (χ1) is 21.9. The normalized spacial score (nSPS) is 11.1. The molecule has 0 aliphatic carbocycles. The van der Waals surface area contributed by atoms with Crippen LogP contribution in [0.2, 0.25) is 0 Å². The molecule has 0 saturated heterocycles. The van der Waals surface area contributed by atoms with Crippen LogP contribution in [0.3, 0.4) is 0 Å². The third kappa shape index (κ3) is 5.81. The van der Waals surface area contributed by atoms with Crippen LogP contribution in [0.1, 0.15) is 40.1 Å². The Kier molecular flexibility index (Phi) is 8.19. The van der Waals surface area contributed by atoms with Crippen molar-refractivity contribution in [2.75, 3.05) is 14.2 Å². The number of carbonyl (C=O) groups is 1. The molecular formula is C33H33N7O5. The Morgan fingerprint density at radius 3 is 2.62 bits per heavy atom. The molecule has 45 heavy (non-hydrogen) atoms. The second-order valence-corrected chi connectivity index (χ2v) is 10.3.